The van der Waals surface area contributed by atoms with Gasteiger partial charge in [0.1, 0.15) is 12.6 Å². The molecule has 4 heterocycles. The minimum Gasteiger partial charge on any atom is -0.330 e. The van der Waals surface area contributed by atoms with Crippen LogP contribution in [0.2, 0.25) is 0 Å². The first kappa shape index (κ1) is 26.7. The number of alkyl halides is 3. The van der Waals surface area contributed by atoms with Crippen molar-refractivity contribution in [3.8, 4) is 0 Å². The Labute approximate surface area is 222 Å². The third-order valence-electron chi connectivity index (χ3n) is 7.26. The fourth-order valence-electron chi connectivity index (χ4n) is 5.37. The van der Waals surface area contributed by atoms with Crippen molar-refractivity contribution >= 4 is 23.1 Å². The van der Waals surface area contributed by atoms with Crippen LogP contribution in [0, 0.1) is 0 Å². The molecule has 0 spiro atoms. The number of likely N-dealkylation sites (tertiary alicyclic amines) is 1. The Morgan fingerprint density at radius 3 is 2.49 bits per heavy atom. The highest BCUT2D eigenvalue weighted by Crippen LogP contribution is 2.25. The monoisotopic (exact) mass is 545 g/mol. The minimum atomic E-state index is -4.54. The predicted octanol–water partition coefficient (Wildman–Crippen LogP) is 2.35. The molecule has 1 unspecified atom stereocenters. The first-order valence-electron chi connectivity index (χ1n) is 12.9. The van der Waals surface area contributed by atoms with Gasteiger partial charge in [-0.05, 0) is 30.5 Å². The van der Waals surface area contributed by atoms with Gasteiger partial charge in [0.05, 0.1) is 5.52 Å². The van der Waals surface area contributed by atoms with E-state index in [0.717, 1.165) is 10.5 Å². The van der Waals surface area contributed by atoms with Crippen molar-refractivity contribution in [2.45, 2.75) is 37.6 Å². The molecule has 2 saturated heterocycles. The number of carbonyl (C=O) groups is 2. The van der Waals surface area contributed by atoms with E-state index in [1.807, 2.05) is 41.3 Å². The number of rotatable bonds is 5. The maximum Gasteiger partial charge on any atom is 0.406 e. The quantitative estimate of drug-likeness (QED) is 0.512. The third kappa shape index (κ3) is 6.24. The number of benzene rings is 1. The maximum atomic E-state index is 13.2. The molecule has 0 aliphatic carbocycles. The number of hydrogen-bond acceptors (Lipinski definition) is 5. The summed E-state index contributed by atoms with van der Waals surface area (Å²) in [4.78, 5) is 50.0. The Morgan fingerprint density at radius 2 is 1.77 bits per heavy atom. The average Bonchev–Trinajstić information content (AvgIpc) is 3.18. The molecule has 2 aliphatic rings. The van der Waals surface area contributed by atoms with Gasteiger partial charge in [0.2, 0.25) is 5.91 Å². The molecule has 0 radical (unpaired) electrons. The second-order valence-corrected chi connectivity index (χ2v) is 9.99. The van der Waals surface area contributed by atoms with Crippen LogP contribution in [0.1, 0.15) is 24.4 Å². The van der Waals surface area contributed by atoms with Crippen LogP contribution in [0.3, 0.4) is 0 Å². The molecule has 2 aliphatic heterocycles. The van der Waals surface area contributed by atoms with E-state index in [1.54, 1.807) is 21.7 Å². The second-order valence-electron chi connectivity index (χ2n) is 9.99. The molecule has 0 bridgehead atoms. The van der Waals surface area contributed by atoms with Gasteiger partial charge in [0.25, 0.3) is 0 Å². The van der Waals surface area contributed by atoms with Gasteiger partial charge in [-0.3, -0.25) is 19.2 Å². The lowest BCUT2D eigenvalue weighted by Crippen LogP contribution is -2.56. The van der Waals surface area contributed by atoms with Crippen molar-refractivity contribution in [2.24, 2.45) is 0 Å². The zero-order chi connectivity index (χ0) is 27.6. The van der Waals surface area contributed by atoms with Crippen molar-refractivity contribution < 1.29 is 22.8 Å². The number of amides is 3. The fraction of sp³-hybridized carbons (Fsp3) is 0.462. The van der Waals surface area contributed by atoms with E-state index in [4.69, 9.17) is 0 Å². The number of hydrogen-bond donors (Lipinski definition) is 2. The number of aromatic amines is 1. The molecular weight excluding hydrogens is 515 g/mol. The van der Waals surface area contributed by atoms with Crippen LogP contribution in [0.25, 0.3) is 11.2 Å². The van der Waals surface area contributed by atoms with Gasteiger partial charge in [-0.2, -0.15) is 13.2 Å². The number of carbonyl (C=O) groups excluding carboxylic acids is 2. The van der Waals surface area contributed by atoms with Crippen molar-refractivity contribution in [2.75, 3.05) is 39.3 Å². The molecule has 2 N–H and O–H groups in total. The van der Waals surface area contributed by atoms with Crippen LogP contribution in [0.4, 0.5) is 18.0 Å². The van der Waals surface area contributed by atoms with E-state index < -0.39 is 30.7 Å². The molecule has 10 nitrogen and oxygen atoms in total. The Kier molecular flexibility index (Phi) is 7.60. The van der Waals surface area contributed by atoms with E-state index in [0.29, 0.717) is 43.6 Å². The molecule has 5 rings (SSSR count). The molecular formula is C26H30F3N7O3. The average molecular weight is 546 g/mol. The Hall–Kier alpha value is -3.87. The van der Waals surface area contributed by atoms with Gasteiger partial charge < -0.3 is 15.1 Å². The lowest BCUT2D eigenvalue weighted by molar-refractivity contribution is -0.161. The fourth-order valence-corrected chi connectivity index (χ4v) is 5.37. The number of piperidine rings is 1. The minimum absolute atomic E-state index is 0.0861. The lowest BCUT2D eigenvalue weighted by atomic mass is 10.0. The number of nitrogens with one attached hydrogen (secondary N) is 2. The zero-order valence-corrected chi connectivity index (χ0v) is 21.2. The Balaban J connectivity index is 1.26. The van der Waals surface area contributed by atoms with Crippen LogP contribution in [0.5, 0.6) is 0 Å². The standard InChI is InChI=1S/C26H30F3N7O3/c27-26(28,29)17-35-14-13-33(15-18-5-2-1-3-6-18)16-20(23(35)37)31-24(38)34-11-8-19(9-12-34)36-21-7-4-10-30-22(21)32-25(36)39/h1-7,10,19-20H,8-9,11-17H2,(H,31,38)(H,30,32,39). The highest BCUT2D eigenvalue weighted by molar-refractivity contribution is 5.87. The number of aromatic nitrogens is 3. The van der Waals surface area contributed by atoms with Gasteiger partial charge in [0, 0.05) is 51.5 Å². The summed E-state index contributed by atoms with van der Waals surface area (Å²) in [6, 6.07) is 11.2. The van der Waals surface area contributed by atoms with Gasteiger partial charge in [0.15, 0.2) is 5.65 Å². The van der Waals surface area contributed by atoms with Crippen molar-refractivity contribution in [1.29, 1.82) is 0 Å². The normalized spacial score (nSPS) is 19.9. The molecule has 2 aromatic heterocycles. The second kappa shape index (κ2) is 11.1. The van der Waals surface area contributed by atoms with Crippen molar-refractivity contribution in [3.63, 3.8) is 0 Å². The van der Waals surface area contributed by atoms with Gasteiger partial charge in [-0.1, -0.05) is 30.3 Å². The van der Waals surface area contributed by atoms with Crippen LogP contribution < -0.4 is 11.0 Å². The number of H-pyrrole nitrogens is 1. The molecule has 3 aromatic rings. The molecule has 13 heteroatoms. The Morgan fingerprint density at radius 1 is 1.03 bits per heavy atom. The molecule has 208 valence electrons. The summed E-state index contributed by atoms with van der Waals surface area (Å²) in [5.41, 5.74) is 1.89. The van der Waals surface area contributed by atoms with E-state index in [2.05, 4.69) is 15.3 Å². The molecule has 3 amide bonds. The van der Waals surface area contributed by atoms with Crippen molar-refractivity contribution in [3.05, 3.63) is 64.7 Å². The van der Waals surface area contributed by atoms with E-state index >= 15 is 0 Å². The summed E-state index contributed by atoms with van der Waals surface area (Å²) >= 11 is 0. The maximum absolute atomic E-state index is 13.2. The number of urea groups is 1. The smallest absolute Gasteiger partial charge is 0.330 e. The predicted molar refractivity (Wildman–Crippen MR) is 137 cm³/mol. The number of nitrogens with zero attached hydrogens (tertiary/aromatic N) is 5. The number of pyridine rings is 1. The van der Waals surface area contributed by atoms with Gasteiger partial charge >= 0.3 is 17.9 Å². The number of halogens is 3. The Bertz CT molecular complexity index is 1370. The first-order valence-corrected chi connectivity index (χ1v) is 12.9. The van der Waals surface area contributed by atoms with Crippen LogP contribution in [0.15, 0.2) is 53.5 Å². The lowest BCUT2D eigenvalue weighted by Gasteiger charge is -2.34. The molecule has 1 atom stereocenters. The topological polar surface area (TPSA) is 107 Å². The van der Waals surface area contributed by atoms with Crippen LogP contribution in [-0.4, -0.2) is 92.7 Å². The van der Waals surface area contributed by atoms with Gasteiger partial charge in [-0.15, -0.1) is 0 Å². The summed E-state index contributed by atoms with van der Waals surface area (Å²) in [6.45, 7) is 0.00639. The zero-order valence-electron chi connectivity index (χ0n) is 21.2. The molecule has 1 aromatic carbocycles. The molecule has 2 fully saturated rings. The van der Waals surface area contributed by atoms with E-state index in [9.17, 15) is 27.6 Å². The largest absolute Gasteiger partial charge is 0.406 e. The van der Waals surface area contributed by atoms with Crippen molar-refractivity contribution in [1.82, 2.24) is 34.6 Å². The SMILES string of the molecule is O=C(NC1CN(Cc2ccccc2)CCN(CC(F)(F)F)C1=O)N1CCC(n2c(=O)[nH]c3ncccc32)CC1. The van der Waals surface area contributed by atoms with E-state index in [1.165, 1.54) is 0 Å². The number of imidazole rings is 1. The van der Waals surface area contributed by atoms with E-state index in [-0.39, 0.29) is 31.4 Å². The summed E-state index contributed by atoms with van der Waals surface area (Å²) in [5.74, 6) is -0.746. The summed E-state index contributed by atoms with van der Waals surface area (Å²) in [7, 11) is 0. The van der Waals surface area contributed by atoms with Crippen LogP contribution in [-0.2, 0) is 11.3 Å². The third-order valence-corrected chi connectivity index (χ3v) is 7.26. The highest BCUT2D eigenvalue weighted by atomic mass is 19.4. The summed E-state index contributed by atoms with van der Waals surface area (Å²) < 4.78 is 41.3. The molecule has 0 saturated carbocycles. The summed E-state index contributed by atoms with van der Waals surface area (Å²) in [5, 5.41) is 2.70. The molecule has 39 heavy (non-hydrogen) atoms. The highest BCUT2D eigenvalue weighted by Gasteiger charge is 2.39. The summed E-state index contributed by atoms with van der Waals surface area (Å²) in [6.07, 6.45) is -1.93. The number of fused-ring (bicyclic) bond motifs is 1. The van der Waals surface area contributed by atoms with Gasteiger partial charge in [-0.25, -0.2) is 14.6 Å². The first-order chi connectivity index (χ1) is 18.7. The van der Waals surface area contributed by atoms with Crippen LogP contribution >= 0.6 is 0 Å².